The predicted octanol–water partition coefficient (Wildman–Crippen LogP) is 4.20. The minimum atomic E-state index is -0.0162. The molecule has 1 unspecified atom stereocenters. The van der Waals surface area contributed by atoms with Gasteiger partial charge in [0.2, 0.25) is 0 Å². The van der Waals surface area contributed by atoms with Gasteiger partial charge in [-0.25, -0.2) is 0 Å². The van der Waals surface area contributed by atoms with Gasteiger partial charge < -0.3 is 15.5 Å². The van der Waals surface area contributed by atoms with Crippen LogP contribution in [0.4, 0.5) is 5.69 Å². The smallest absolute Gasteiger partial charge is 0.120 e. The maximum Gasteiger partial charge on any atom is 0.120 e. The van der Waals surface area contributed by atoms with Crippen molar-refractivity contribution in [3.8, 4) is 11.5 Å². The Morgan fingerprint density at radius 2 is 1.60 bits per heavy atom. The Bertz CT molecular complexity index is 635. The molecule has 0 aromatic heterocycles. The molecule has 0 aliphatic heterocycles. The topological polar surface area (TPSA) is 52.5 Å². The molecular formula is C17H21NO2. The second kappa shape index (κ2) is 5.45. The van der Waals surface area contributed by atoms with Crippen molar-refractivity contribution in [1.29, 1.82) is 0 Å². The first-order valence-electron chi connectivity index (χ1n) is 6.74. The van der Waals surface area contributed by atoms with Gasteiger partial charge in [0.1, 0.15) is 11.5 Å². The van der Waals surface area contributed by atoms with Crippen LogP contribution < -0.4 is 5.32 Å². The van der Waals surface area contributed by atoms with Crippen molar-refractivity contribution in [2.75, 3.05) is 5.32 Å². The molecule has 0 amide bonds. The molecule has 0 bridgehead atoms. The van der Waals surface area contributed by atoms with Crippen LogP contribution in [0.25, 0.3) is 0 Å². The third-order valence-corrected chi connectivity index (χ3v) is 3.56. The fraction of sp³-hybridized carbons (Fsp3) is 0.294. The van der Waals surface area contributed by atoms with E-state index in [2.05, 4.69) is 5.32 Å². The van der Waals surface area contributed by atoms with Crippen LogP contribution in [0.3, 0.4) is 0 Å². The summed E-state index contributed by atoms with van der Waals surface area (Å²) in [5.74, 6) is 0.600. The van der Waals surface area contributed by atoms with E-state index in [4.69, 9.17) is 0 Å². The second-order valence-electron chi connectivity index (χ2n) is 5.38. The molecule has 0 radical (unpaired) electrons. The zero-order valence-corrected chi connectivity index (χ0v) is 12.4. The van der Waals surface area contributed by atoms with Crippen LogP contribution in [-0.4, -0.2) is 10.2 Å². The van der Waals surface area contributed by atoms with Gasteiger partial charge in [0.05, 0.1) is 6.04 Å². The number of phenols is 2. The van der Waals surface area contributed by atoms with Crippen LogP contribution in [0.1, 0.15) is 35.2 Å². The van der Waals surface area contributed by atoms with Crippen LogP contribution in [-0.2, 0) is 0 Å². The van der Waals surface area contributed by atoms with Crippen LogP contribution in [0.2, 0.25) is 0 Å². The fourth-order valence-electron chi connectivity index (χ4n) is 2.29. The van der Waals surface area contributed by atoms with Gasteiger partial charge in [0.15, 0.2) is 0 Å². The van der Waals surface area contributed by atoms with E-state index in [1.807, 2.05) is 45.9 Å². The standard InChI is InChI=1S/C17H21NO2/c1-10-5-6-16(19)14(7-10)13(4)18-15-8-12(3)17(20)9-11(15)2/h5-9,13,18-20H,1-4H3. The first-order valence-corrected chi connectivity index (χ1v) is 6.74. The molecule has 2 aromatic rings. The molecule has 0 saturated heterocycles. The SMILES string of the molecule is Cc1ccc(O)c(C(C)Nc2cc(C)c(O)cc2C)c1. The summed E-state index contributed by atoms with van der Waals surface area (Å²) in [5.41, 5.74) is 4.76. The summed E-state index contributed by atoms with van der Waals surface area (Å²) in [6, 6.07) is 9.25. The highest BCUT2D eigenvalue weighted by Gasteiger charge is 2.12. The molecule has 106 valence electrons. The molecule has 3 heteroatoms. The lowest BCUT2D eigenvalue weighted by molar-refractivity contribution is 0.465. The molecule has 1 atom stereocenters. The van der Waals surface area contributed by atoms with Crippen LogP contribution in [0.5, 0.6) is 11.5 Å². The molecule has 0 spiro atoms. The average molecular weight is 271 g/mol. The van der Waals surface area contributed by atoms with E-state index in [9.17, 15) is 10.2 Å². The molecule has 2 rings (SSSR count). The summed E-state index contributed by atoms with van der Waals surface area (Å²) in [4.78, 5) is 0. The van der Waals surface area contributed by atoms with Gasteiger partial charge in [-0.2, -0.15) is 0 Å². The van der Waals surface area contributed by atoms with E-state index in [1.54, 1.807) is 12.1 Å². The number of benzene rings is 2. The molecule has 0 fully saturated rings. The van der Waals surface area contributed by atoms with Crippen molar-refractivity contribution < 1.29 is 10.2 Å². The Hall–Kier alpha value is -2.16. The summed E-state index contributed by atoms with van der Waals surface area (Å²) >= 11 is 0. The molecule has 2 aromatic carbocycles. The summed E-state index contributed by atoms with van der Waals surface area (Å²) in [7, 11) is 0. The monoisotopic (exact) mass is 271 g/mol. The van der Waals surface area contributed by atoms with Gasteiger partial charge in [-0.15, -0.1) is 0 Å². The van der Waals surface area contributed by atoms with Gasteiger partial charge in [-0.3, -0.25) is 0 Å². The highest BCUT2D eigenvalue weighted by atomic mass is 16.3. The molecule has 3 nitrogen and oxygen atoms in total. The first-order chi connectivity index (χ1) is 9.38. The van der Waals surface area contributed by atoms with E-state index in [-0.39, 0.29) is 6.04 Å². The fourth-order valence-corrected chi connectivity index (χ4v) is 2.29. The van der Waals surface area contributed by atoms with E-state index >= 15 is 0 Å². The number of aryl methyl sites for hydroxylation is 3. The number of aromatic hydroxyl groups is 2. The molecule has 0 aliphatic carbocycles. The summed E-state index contributed by atoms with van der Waals surface area (Å²) < 4.78 is 0. The van der Waals surface area contributed by atoms with Crippen LogP contribution in [0, 0.1) is 20.8 Å². The van der Waals surface area contributed by atoms with Crippen LogP contribution in [0.15, 0.2) is 30.3 Å². The third-order valence-electron chi connectivity index (χ3n) is 3.56. The minimum Gasteiger partial charge on any atom is -0.508 e. The first kappa shape index (κ1) is 14.3. The second-order valence-corrected chi connectivity index (χ2v) is 5.38. The number of anilines is 1. The van der Waals surface area contributed by atoms with E-state index in [0.29, 0.717) is 11.5 Å². The molecular weight excluding hydrogens is 250 g/mol. The Morgan fingerprint density at radius 1 is 0.900 bits per heavy atom. The van der Waals surface area contributed by atoms with E-state index < -0.39 is 0 Å². The van der Waals surface area contributed by atoms with Gasteiger partial charge >= 0.3 is 0 Å². The number of hydrogen-bond acceptors (Lipinski definition) is 3. The average Bonchev–Trinajstić information content (AvgIpc) is 2.38. The van der Waals surface area contributed by atoms with Crippen molar-refractivity contribution in [1.82, 2.24) is 0 Å². The van der Waals surface area contributed by atoms with Crippen molar-refractivity contribution in [3.63, 3.8) is 0 Å². The van der Waals surface area contributed by atoms with Crippen molar-refractivity contribution in [2.45, 2.75) is 33.7 Å². The summed E-state index contributed by atoms with van der Waals surface area (Å²) in [6.07, 6.45) is 0. The van der Waals surface area contributed by atoms with E-state index in [0.717, 1.165) is 27.9 Å². The summed E-state index contributed by atoms with van der Waals surface area (Å²) in [6.45, 7) is 7.83. The zero-order valence-electron chi connectivity index (χ0n) is 12.4. The Balaban J connectivity index is 2.30. The number of nitrogens with one attached hydrogen (secondary N) is 1. The van der Waals surface area contributed by atoms with Gasteiger partial charge in [-0.1, -0.05) is 17.7 Å². The van der Waals surface area contributed by atoms with Gasteiger partial charge in [-0.05, 0) is 57.0 Å². The lowest BCUT2D eigenvalue weighted by Gasteiger charge is -2.19. The lowest BCUT2D eigenvalue weighted by atomic mass is 10.0. The Labute approximate surface area is 119 Å². The molecule has 0 saturated carbocycles. The third kappa shape index (κ3) is 2.87. The molecule has 0 aliphatic rings. The largest absolute Gasteiger partial charge is 0.508 e. The molecule has 3 N–H and O–H groups in total. The number of phenolic OH excluding ortho intramolecular Hbond substituents is 2. The lowest BCUT2D eigenvalue weighted by Crippen LogP contribution is -2.08. The van der Waals surface area contributed by atoms with Crippen molar-refractivity contribution >= 4 is 5.69 Å². The summed E-state index contributed by atoms with van der Waals surface area (Å²) in [5, 5.41) is 23.1. The predicted molar refractivity (Wildman–Crippen MR) is 82.5 cm³/mol. The molecule has 20 heavy (non-hydrogen) atoms. The highest BCUT2D eigenvalue weighted by molar-refractivity contribution is 5.58. The van der Waals surface area contributed by atoms with Crippen LogP contribution >= 0.6 is 0 Å². The van der Waals surface area contributed by atoms with Crippen molar-refractivity contribution in [3.05, 3.63) is 52.6 Å². The quantitative estimate of drug-likeness (QED) is 0.733. The van der Waals surface area contributed by atoms with Gasteiger partial charge in [0.25, 0.3) is 0 Å². The van der Waals surface area contributed by atoms with Gasteiger partial charge in [0, 0.05) is 11.3 Å². The maximum absolute atomic E-state index is 9.97. The van der Waals surface area contributed by atoms with E-state index in [1.165, 1.54) is 0 Å². The highest BCUT2D eigenvalue weighted by Crippen LogP contribution is 2.31. The normalized spacial score (nSPS) is 12.2. The Kier molecular flexibility index (Phi) is 3.89. The zero-order chi connectivity index (χ0) is 14.9. The Morgan fingerprint density at radius 3 is 2.30 bits per heavy atom. The number of hydrogen-bond donors (Lipinski definition) is 3. The molecule has 0 heterocycles. The maximum atomic E-state index is 9.97. The number of rotatable bonds is 3. The van der Waals surface area contributed by atoms with Crippen molar-refractivity contribution in [2.24, 2.45) is 0 Å². The minimum absolute atomic E-state index is 0.0162.